The number of benzene rings is 2. The second-order valence-electron chi connectivity index (χ2n) is 4.16. The second kappa shape index (κ2) is 4.96. The Kier molecular flexibility index (Phi) is 3.25. The van der Waals surface area contributed by atoms with Crippen molar-refractivity contribution < 1.29 is 22.3 Å². The third kappa shape index (κ3) is 2.80. The number of nitrogens with zero attached hydrogens (tertiary/aromatic N) is 2. The van der Waals surface area contributed by atoms with Crippen LogP contribution >= 0.6 is 11.7 Å². The molecule has 108 valence electrons. The molecule has 8 heteroatoms. The average molecular weight is 314 g/mol. The molecule has 0 atom stereocenters. The molecule has 1 aromatic heterocycles. The number of rotatable bonds is 2. The van der Waals surface area contributed by atoms with Crippen LogP contribution in [-0.4, -0.2) is 8.75 Å². The molecule has 21 heavy (non-hydrogen) atoms. The van der Waals surface area contributed by atoms with Crippen molar-refractivity contribution in [3.63, 3.8) is 0 Å². The zero-order valence-corrected chi connectivity index (χ0v) is 11.0. The van der Waals surface area contributed by atoms with Crippen LogP contribution in [-0.2, 0) is 6.18 Å². The van der Waals surface area contributed by atoms with Gasteiger partial charge in [0.05, 0.1) is 17.3 Å². The molecule has 0 aliphatic heterocycles. The first-order valence-corrected chi connectivity index (χ1v) is 6.43. The molecule has 0 amide bonds. The van der Waals surface area contributed by atoms with Crippen LogP contribution in [0.2, 0.25) is 0 Å². The lowest BCUT2D eigenvalue weighted by molar-refractivity contribution is -0.137. The molecule has 0 aliphatic carbocycles. The van der Waals surface area contributed by atoms with Gasteiger partial charge in [0.25, 0.3) is 0 Å². The number of aromatic nitrogens is 2. The first kappa shape index (κ1) is 13.7. The van der Waals surface area contributed by atoms with Gasteiger partial charge in [-0.2, -0.15) is 21.9 Å². The van der Waals surface area contributed by atoms with Crippen LogP contribution in [0, 0.1) is 5.82 Å². The third-order valence-corrected chi connectivity index (χ3v) is 3.27. The Morgan fingerprint density at radius 2 is 1.71 bits per heavy atom. The second-order valence-corrected chi connectivity index (χ2v) is 4.69. The van der Waals surface area contributed by atoms with Crippen LogP contribution in [0.15, 0.2) is 36.4 Å². The molecule has 0 radical (unpaired) electrons. The highest BCUT2D eigenvalue weighted by atomic mass is 32.1. The average Bonchev–Trinajstić information content (AvgIpc) is 2.87. The molecule has 0 unspecified atom stereocenters. The third-order valence-electron chi connectivity index (χ3n) is 2.71. The van der Waals surface area contributed by atoms with Gasteiger partial charge in [0.15, 0.2) is 11.6 Å². The highest BCUT2D eigenvalue weighted by Crippen LogP contribution is 2.33. The number of fused-ring (bicyclic) bond motifs is 1. The normalized spacial score (nSPS) is 11.8. The number of alkyl halides is 3. The van der Waals surface area contributed by atoms with Crippen molar-refractivity contribution in [2.45, 2.75) is 6.18 Å². The van der Waals surface area contributed by atoms with Crippen molar-refractivity contribution in [3.8, 4) is 11.5 Å². The van der Waals surface area contributed by atoms with E-state index in [4.69, 9.17) is 4.74 Å². The largest absolute Gasteiger partial charge is 0.454 e. The first-order valence-electron chi connectivity index (χ1n) is 5.70. The molecule has 0 saturated carbocycles. The van der Waals surface area contributed by atoms with E-state index in [0.717, 1.165) is 23.9 Å². The molecule has 0 aliphatic rings. The number of halogens is 4. The van der Waals surface area contributed by atoms with Crippen LogP contribution in [0.25, 0.3) is 11.0 Å². The van der Waals surface area contributed by atoms with Crippen molar-refractivity contribution in [1.82, 2.24) is 8.75 Å². The molecule has 3 nitrogen and oxygen atoms in total. The van der Waals surface area contributed by atoms with E-state index in [1.807, 2.05) is 0 Å². The topological polar surface area (TPSA) is 35.0 Å². The molecular formula is C13H6F4N2OS. The molecule has 0 saturated heterocycles. The van der Waals surface area contributed by atoms with Gasteiger partial charge in [-0.1, -0.05) is 0 Å². The summed E-state index contributed by atoms with van der Waals surface area (Å²) in [6.07, 6.45) is -4.59. The van der Waals surface area contributed by atoms with E-state index in [2.05, 4.69) is 8.75 Å². The van der Waals surface area contributed by atoms with Gasteiger partial charge in [-0.25, -0.2) is 4.39 Å². The predicted molar refractivity (Wildman–Crippen MR) is 68.9 cm³/mol. The maximum absolute atomic E-state index is 13.7. The van der Waals surface area contributed by atoms with Crippen LogP contribution in [0.1, 0.15) is 5.56 Å². The molecular weight excluding hydrogens is 308 g/mol. The fraction of sp³-hybridized carbons (Fsp3) is 0.0769. The highest BCUT2D eigenvalue weighted by molar-refractivity contribution is 7.00. The molecule has 2 aromatic carbocycles. The van der Waals surface area contributed by atoms with Crippen molar-refractivity contribution in [2.24, 2.45) is 0 Å². The summed E-state index contributed by atoms with van der Waals surface area (Å²) in [6, 6.07) is 6.83. The SMILES string of the molecule is Fc1cc(C(F)(F)F)ccc1Oc1ccc2nsnc2c1. The van der Waals surface area contributed by atoms with Gasteiger partial charge in [-0.3, -0.25) is 0 Å². The summed E-state index contributed by atoms with van der Waals surface area (Å²) in [5, 5.41) is 0. The van der Waals surface area contributed by atoms with E-state index in [1.165, 1.54) is 6.07 Å². The minimum atomic E-state index is -4.59. The van der Waals surface area contributed by atoms with Crippen molar-refractivity contribution in [1.29, 1.82) is 0 Å². The van der Waals surface area contributed by atoms with Gasteiger partial charge in [0, 0.05) is 6.07 Å². The molecule has 0 bridgehead atoms. The van der Waals surface area contributed by atoms with E-state index in [-0.39, 0.29) is 11.5 Å². The fourth-order valence-electron chi connectivity index (χ4n) is 1.71. The summed E-state index contributed by atoms with van der Waals surface area (Å²) in [5.74, 6) is -1.10. The summed E-state index contributed by atoms with van der Waals surface area (Å²) in [4.78, 5) is 0. The van der Waals surface area contributed by atoms with Crippen LogP contribution in [0.4, 0.5) is 17.6 Å². The number of ether oxygens (including phenoxy) is 1. The molecule has 1 heterocycles. The fourth-order valence-corrected chi connectivity index (χ4v) is 2.23. The molecule has 0 spiro atoms. The lowest BCUT2D eigenvalue weighted by atomic mass is 10.2. The first-order chi connectivity index (χ1) is 9.93. The Hall–Kier alpha value is -2.22. The number of hydrogen-bond acceptors (Lipinski definition) is 4. The van der Waals surface area contributed by atoms with Crippen molar-refractivity contribution in [3.05, 3.63) is 47.8 Å². The van der Waals surface area contributed by atoms with Crippen molar-refractivity contribution in [2.75, 3.05) is 0 Å². The Morgan fingerprint density at radius 1 is 0.952 bits per heavy atom. The van der Waals surface area contributed by atoms with E-state index in [0.29, 0.717) is 17.1 Å². The summed E-state index contributed by atoms with van der Waals surface area (Å²) >= 11 is 1.02. The zero-order chi connectivity index (χ0) is 15.0. The smallest absolute Gasteiger partial charge is 0.416 e. The predicted octanol–water partition coefficient (Wildman–Crippen LogP) is 4.64. The zero-order valence-electron chi connectivity index (χ0n) is 10.2. The quantitative estimate of drug-likeness (QED) is 0.646. The van der Waals surface area contributed by atoms with Gasteiger partial charge in [-0.05, 0) is 30.3 Å². The molecule has 3 aromatic rings. The van der Waals surface area contributed by atoms with E-state index in [9.17, 15) is 17.6 Å². The van der Waals surface area contributed by atoms with Gasteiger partial charge >= 0.3 is 6.18 Å². The molecule has 3 rings (SSSR count). The summed E-state index contributed by atoms with van der Waals surface area (Å²) in [7, 11) is 0. The van der Waals surface area contributed by atoms with E-state index < -0.39 is 17.6 Å². The summed E-state index contributed by atoms with van der Waals surface area (Å²) < 4.78 is 64.2. The number of hydrogen-bond donors (Lipinski definition) is 0. The highest BCUT2D eigenvalue weighted by Gasteiger charge is 2.31. The van der Waals surface area contributed by atoms with Crippen LogP contribution in [0.5, 0.6) is 11.5 Å². The Bertz CT molecular complexity index is 800. The maximum Gasteiger partial charge on any atom is 0.416 e. The van der Waals surface area contributed by atoms with Crippen LogP contribution < -0.4 is 4.74 Å². The molecule has 0 N–H and O–H groups in total. The van der Waals surface area contributed by atoms with Gasteiger partial charge in [0.1, 0.15) is 16.8 Å². The van der Waals surface area contributed by atoms with Gasteiger partial charge in [-0.15, -0.1) is 0 Å². The standard InChI is InChI=1S/C13H6F4N2OS/c14-9-5-7(13(15,16)17)1-4-12(9)20-8-2-3-10-11(6-8)19-21-18-10/h1-6H. The van der Waals surface area contributed by atoms with Crippen molar-refractivity contribution >= 4 is 22.8 Å². The van der Waals surface area contributed by atoms with E-state index >= 15 is 0 Å². The molecule has 0 fully saturated rings. The van der Waals surface area contributed by atoms with Crippen LogP contribution in [0.3, 0.4) is 0 Å². The summed E-state index contributed by atoms with van der Waals surface area (Å²) in [6.45, 7) is 0. The van der Waals surface area contributed by atoms with E-state index in [1.54, 1.807) is 12.1 Å². The minimum Gasteiger partial charge on any atom is -0.454 e. The van der Waals surface area contributed by atoms with Gasteiger partial charge in [0.2, 0.25) is 0 Å². The summed E-state index contributed by atoms with van der Waals surface area (Å²) in [5.41, 5.74) is 0.177. The van der Waals surface area contributed by atoms with Gasteiger partial charge < -0.3 is 4.74 Å². The monoisotopic (exact) mass is 314 g/mol. The Labute approximate surface area is 120 Å². The maximum atomic E-state index is 13.7. The Morgan fingerprint density at radius 3 is 2.43 bits per heavy atom. The minimum absolute atomic E-state index is 0.272. The Balaban J connectivity index is 1.90. The lowest BCUT2D eigenvalue weighted by Crippen LogP contribution is -2.05. The lowest BCUT2D eigenvalue weighted by Gasteiger charge is -2.10.